The molecular weight excluding hydrogens is 608 g/mol. The number of rotatable bonds is 11. The van der Waals surface area contributed by atoms with Crippen LogP contribution in [0.15, 0.2) is 164 Å². The molecule has 1 amide bonds. The van der Waals surface area contributed by atoms with Crippen LogP contribution >= 0.6 is 0 Å². The van der Waals surface area contributed by atoms with Crippen LogP contribution in [0.1, 0.15) is 39.3 Å². The molecule has 0 unspecified atom stereocenters. The maximum absolute atomic E-state index is 12.9. The summed E-state index contributed by atoms with van der Waals surface area (Å²) in [6.07, 6.45) is -0.660. The Balaban J connectivity index is 1.07. The van der Waals surface area contributed by atoms with Gasteiger partial charge in [-0.05, 0) is 56.6 Å². The predicted molar refractivity (Wildman–Crippen MR) is 193 cm³/mol. The van der Waals surface area contributed by atoms with Crippen molar-refractivity contribution in [3.63, 3.8) is 0 Å². The number of fused-ring (bicyclic) bond motifs is 3. The molecule has 0 saturated heterocycles. The predicted octanol–water partition coefficient (Wildman–Crippen LogP) is 8.63. The lowest BCUT2D eigenvalue weighted by Gasteiger charge is -2.38. The highest BCUT2D eigenvalue weighted by Crippen LogP contribution is 2.44. The number of carboxylic acids is 1. The van der Waals surface area contributed by atoms with E-state index in [0.29, 0.717) is 0 Å². The Morgan fingerprint density at radius 2 is 1.06 bits per heavy atom. The first-order chi connectivity index (χ1) is 24.0. The van der Waals surface area contributed by atoms with Crippen LogP contribution in [-0.4, -0.2) is 29.8 Å². The van der Waals surface area contributed by atoms with E-state index in [4.69, 9.17) is 4.74 Å². The summed E-state index contributed by atoms with van der Waals surface area (Å²) >= 11 is 0. The van der Waals surface area contributed by atoms with Crippen molar-refractivity contribution in [3.05, 3.63) is 197 Å². The summed E-state index contributed by atoms with van der Waals surface area (Å²) in [5, 5.41) is 16.4. The molecule has 3 N–H and O–H groups in total. The number of carbonyl (C=O) groups is 2. The smallest absolute Gasteiger partial charge is 0.407 e. The van der Waals surface area contributed by atoms with Crippen LogP contribution in [0.3, 0.4) is 0 Å². The zero-order chi connectivity index (χ0) is 33.6. The Morgan fingerprint density at radius 3 is 1.53 bits per heavy atom. The Bertz CT molecular complexity index is 1910. The molecule has 0 aromatic heterocycles. The number of nitrogens with one attached hydrogen (secondary N) is 2. The van der Waals surface area contributed by atoms with Gasteiger partial charge in [0.1, 0.15) is 18.2 Å². The van der Waals surface area contributed by atoms with Crippen LogP contribution in [0.25, 0.3) is 11.1 Å². The van der Waals surface area contributed by atoms with Gasteiger partial charge in [-0.3, -0.25) is 0 Å². The van der Waals surface area contributed by atoms with Gasteiger partial charge in [0.05, 0.1) is 0 Å². The molecule has 0 bridgehead atoms. The Kier molecular flexibility index (Phi) is 8.94. The molecule has 49 heavy (non-hydrogen) atoms. The number of carbonyl (C=O) groups excluding carboxylic acids is 1. The number of anilines is 1. The van der Waals surface area contributed by atoms with E-state index in [1.54, 1.807) is 0 Å². The summed E-state index contributed by atoms with van der Waals surface area (Å²) in [5.41, 5.74) is 8.61. The molecule has 6 heteroatoms. The summed E-state index contributed by atoms with van der Waals surface area (Å²) in [7, 11) is 0. The highest BCUT2D eigenvalue weighted by Gasteiger charge is 2.36. The maximum Gasteiger partial charge on any atom is 0.407 e. The van der Waals surface area contributed by atoms with Crippen molar-refractivity contribution >= 4 is 17.7 Å². The number of hydrogen-bond donors (Lipinski definition) is 3. The lowest BCUT2D eigenvalue weighted by molar-refractivity contribution is -0.139. The maximum atomic E-state index is 12.9. The molecule has 242 valence electrons. The topological polar surface area (TPSA) is 87.7 Å². The van der Waals surface area contributed by atoms with Crippen molar-refractivity contribution in [1.82, 2.24) is 5.32 Å². The van der Waals surface area contributed by atoms with Crippen LogP contribution in [0, 0.1) is 0 Å². The molecule has 0 saturated carbocycles. The van der Waals surface area contributed by atoms with Gasteiger partial charge in [0.25, 0.3) is 0 Å². The number of amides is 1. The average Bonchev–Trinajstić information content (AvgIpc) is 3.48. The Hall–Kier alpha value is -6.14. The molecule has 7 rings (SSSR count). The number of alkyl carbamates (subject to hydrolysis) is 1. The zero-order valence-corrected chi connectivity index (χ0v) is 26.8. The number of carboxylic acid groups (broad SMARTS) is 1. The van der Waals surface area contributed by atoms with E-state index in [-0.39, 0.29) is 18.9 Å². The molecule has 6 aromatic carbocycles. The van der Waals surface area contributed by atoms with Gasteiger partial charge >= 0.3 is 12.1 Å². The van der Waals surface area contributed by atoms with Crippen LogP contribution in [0.4, 0.5) is 10.5 Å². The van der Waals surface area contributed by atoms with Gasteiger partial charge in [0, 0.05) is 18.0 Å². The first kappa shape index (κ1) is 31.5. The SMILES string of the molecule is O=C(N[C@@H](Cc1ccc(NC(c2ccccc2)(c2ccccc2)c2ccccc2)cc1)C(=O)O)OCC1c2ccccc2-c2ccccc21. The largest absolute Gasteiger partial charge is 0.480 e. The molecule has 1 atom stereocenters. The van der Waals surface area contributed by atoms with E-state index in [2.05, 4.69) is 59.2 Å². The lowest BCUT2D eigenvalue weighted by Crippen LogP contribution is -2.43. The second kappa shape index (κ2) is 13.9. The highest BCUT2D eigenvalue weighted by molar-refractivity contribution is 5.81. The molecule has 1 aliphatic carbocycles. The van der Waals surface area contributed by atoms with Gasteiger partial charge < -0.3 is 20.5 Å². The molecule has 6 aromatic rings. The minimum Gasteiger partial charge on any atom is -0.480 e. The van der Waals surface area contributed by atoms with Crippen LogP contribution in [0.2, 0.25) is 0 Å². The summed E-state index contributed by atoms with van der Waals surface area (Å²) in [6, 6.07) is 53.7. The molecule has 1 aliphatic rings. The number of aliphatic carboxylic acids is 1. The van der Waals surface area contributed by atoms with E-state index < -0.39 is 23.6 Å². The molecule has 6 nitrogen and oxygen atoms in total. The van der Waals surface area contributed by atoms with Crippen LogP contribution in [0.5, 0.6) is 0 Å². The fraction of sp³-hybridized carbons (Fsp3) is 0.116. The standard InChI is InChI=1S/C43H36N2O4/c46-41(47)40(44-42(48)49-29-39-37-22-12-10-20-35(37)36-21-11-13-23-38(36)39)28-30-24-26-34(27-25-30)45-43(31-14-4-1-5-15-31,32-16-6-2-7-17-32)33-18-8-3-9-19-33/h1-27,39-40,45H,28-29H2,(H,44,48)(H,46,47)/t40-/m0/s1. The molecule has 0 radical (unpaired) electrons. The van der Waals surface area contributed by atoms with Crippen molar-refractivity contribution in [1.29, 1.82) is 0 Å². The van der Waals surface area contributed by atoms with E-state index in [1.165, 1.54) is 0 Å². The van der Waals surface area contributed by atoms with Gasteiger partial charge in [-0.15, -0.1) is 0 Å². The van der Waals surface area contributed by atoms with Gasteiger partial charge in [-0.25, -0.2) is 9.59 Å². The van der Waals surface area contributed by atoms with Gasteiger partial charge in [-0.1, -0.05) is 152 Å². The number of benzene rings is 6. The second-order valence-corrected chi connectivity index (χ2v) is 12.2. The molecule has 0 fully saturated rings. The fourth-order valence-corrected chi connectivity index (χ4v) is 6.94. The molecule has 0 spiro atoms. The van der Waals surface area contributed by atoms with Crippen molar-refractivity contribution in [2.45, 2.75) is 23.9 Å². The third-order valence-corrected chi connectivity index (χ3v) is 9.28. The minimum absolute atomic E-state index is 0.0982. The van der Waals surface area contributed by atoms with Gasteiger partial charge in [-0.2, -0.15) is 0 Å². The fourth-order valence-electron chi connectivity index (χ4n) is 6.94. The monoisotopic (exact) mass is 644 g/mol. The number of hydrogen-bond acceptors (Lipinski definition) is 4. The summed E-state index contributed by atoms with van der Waals surface area (Å²) in [5.74, 6) is -1.25. The third kappa shape index (κ3) is 6.41. The van der Waals surface area contributed by atoms with Crippen LogP contribution in [-0.2, 0) is 21.5 Å². The first-order valence-corrected chi connectivity index (χ1v) is 16.4. The zero-order valence-electron chi connectivity index (χ0n) is 26.8. The average molecular weight is 645 g/mol. The van der Waals surface area contributed by atoms with Crippen molar-refractivity contribution < 1.29 is 19.4 Å². The van der Waals surface area contributed by atoms with Crippen molar-refractivity contribution in [2.75, 3.05) is 11.9 Å². The van der Waals surface area contributed by atoms with Gasteiger partial charge in [0.15, 0.2) is 0 Å². The van der Waals surface area contributed by atoms with Gasteiger partial charge in [0.2, 0.25) is 0 Å². The number of ether oxygens (including phenoxy) is 1. The highest BCUT2D eigenvalue weighted by atomic mass is 16.5. The normalized spacial score (nSPS) is 12.7. The van der Waals surface area contributed by atoms with Crippen molar-refractivity contribution in [3.8, 4) is 11.1 Å². The summed E-state index contributed by atoms with van der Waals surface area (Å²) in [6.45, 7) is 0.110. The Labute approximate surface area is 286 Å². The molecule has 0 heterocycles. The first-order valence-electron chi connectivity index (χ1n) is 16.4. The minimum atomic E-state index is -1.16. The quantitative estimate of drug-likeness (QED) is 0.123. The van der Waals surface area contributed by atoms with E-state index in [9.17, 15) is 14.7 Å². The van der Waals surface area contributed by atoms with E-state index >= 15 is 0 Å². The summed E-state index contributed by atoms with van der Waals surface area (Å²) in [4.78, 5) is 25.2. The summed E-state index contributed by atoms with van der Waals surface area (Å²) < 4.78 is 5.63. The van der Waals surface area contributed by atoms with Crippen LogP contribution < -0.4 is 10.6 Å². The van der Waals surface area contributed by atoms with E-state index in [0.717, 1.165) is 50.2 Å². The molecule has 0 aliphatic heterocycles. The Morgan fingerprint density at radius 1 is 0.612 bits per heavy atom. The second-order valence-electron chi connectivity index (χ2n) is 12.2. The third-order valence-electron chi connectivity index (χ3n) is 9.28. The molecular formula is C43H36N2O4. The lowest BCUT2D eigenvalue weighted by atomic mass is 9.77. The van der Waals surface area contributed by atoms with E-state index in [1.807, 2.05) is 115 Å². The van der Waals surface area contributed by atoms with Crippen molar-refractivity contribution in [2.24, 2.45) is 0 Å².